The van der Waals surface area contributed by atoms with Crippen molar-refractivity contribution in [3.05, 3.63) is 63.1 Å². The molecule has 0 spiro atoms. The van der Waals surface area contributed by atoms with E-state index >= 15 is 0 Å². The minimum absolute atomic E-state index is 0.0150. The SMILES string of the molecule is Cc1cc(Cl)ccc1OCCNC(=O)Cc1ccc(Br)cc1. The third-order valence-electron chi connectivity index (χ3n) is 3.10. The van der Waals surface area contributed by atoms with Crippen LogP contribution in [0.4, 0.5) is 0 Å². The molecule has 1 amide bonds. The first-order valence-corrected chi connectivity index (χ1v) is 8.12. The van der Waals surface area contributed by atoms with Gasteiger partial charge in [-0.1, -0.05) is 39.7 Å². The molecule has 116 valence electrons. The lowest BCUT2D eigenvalue weighted by Gasteiger charge is -2.10. The lowest BCUT2D eigenvalue weighted by molar-refractivity contribution is -0.120. The molecular formula is C17H17BrClNO2. The second-order valence-corrected chi connectivity index (χ2v) is 6.26. The number of ether oxygens (including phenoxy) is 1. The largest absolute Gasteiger partial charge is 0.491 e. The Morgan fingerprint density at radius 3 is 2.64 bits per heavy atom. The highest BCUT2D eigenvalue weighted by atomic mass is 79.9. The maximum Gasteiger partial charge on any atom is 0.224 e. The number of nitrogens with one attached hydrogen (secondary N) is 1. The number of hydrogen-bond acceptors (Lipinski definition) is 2. The molecule has 0 aliphatic carbocycles. The van der Waals surface area contributed by atoms with E-state index in [1.165, 1.54) is 0 Å². The smallest absolute Gasteiger partial charge is 0.224 e. The quantitative estimate of drug-likeness (QED) is 0.762. The molecule has 0 saturated heterocycles. The molecule has 0 aliphatic rings. The maximum absolute atomic E-state index is 11.8. The van der Waals surface area contributed by atoms with Crippen LogP contribution < -0.4 is 10.1 Å². The fourth-order valence-corrected chi connectivity index (χ4v) is 2.47. The Morgan fingerprint density at radius 1 is 1.23 bits per heavy atom. The Balaban J connectivity index is 1.72. The van der Waals surface area contributed by atoms with Crippen molar-refractivity contribution < 1.29 is 9.53 Å². The van der Waals surface area contributed by atoms with Gasteiger partial charge in [0.1, 0.15) is 12.4 Å². The molecule has 0 unspecified atom stereocenters. The molecule has 2 aromatic carbocycles. The Labute approximate surface area is 143 Å². The minimum atomic E-state index is -0.0150. The van der Waals surface area contributed by atoms with Gasteiger partial charge in [0.15, 0.2) is 0 Å². The lowest BCUT2D eigenvalue weighted by Crippen LogP contribution is -2.29. The Morgan fingerprint density at radius 2 is 1.95 bits per heavy atom. The number of rotatable bonds is 6. The van der Waals surface area contributed by atoms with Crippen LogP contribution >= 0.6 is 27.5 Å². The fraction of sp³-hybridized carbons (Fsp3) is 0.235. The summed E-state index contributed by atoms with van der Waals surface area (Å²) in [5, 5.41) is 3.53. The van der Waals surface area contributed by atoms with Gasteiger partial charge in [0, 0.05) is 9.50 Å². The van der Waals surface area contributed by atoms with Gasteiger partial charge in [-0.3, -0.25) is 4.79 Å². The highest BCUT2D eigenvalue weighted by molar-refractivity contribution is 9.10. The number of amides is 1. The van der Waals surface area contributed by atoms with Crippen LogP contribution in [0.25, 0.3) is 0 Å². The number of halogens is 2. The Hall–Kier alpha value is -1.52. The van der Waals surface area contributed by atoms with Crippen LogP contribution in [0.1, 0.15) is 11.1 Å². The molecule has 5 heteroatoms. The second kappa shape index (κ2) is 8.20. The third-order valence-corrected chi connectivity index (χ3v) is 3.86. The zero-order chi connectivity index (χ0) is 15.9. The van der Waals surface area contributed by atoms with Crippen LogP contribution in [-0.4, -0.2) is 19.1 Å². The summed E-state index contributed by atoms with van der Waals surface area (Å²) < 4.78 is 6.63. The van der Waals surface area contributed by atoms with Crippen molar-refractivity contribution in [1.82, 2.24) is 5.32 Å². The Bertz CT molecular complexity index is 644. The number of carbonyl (C=O) groups is 1. The van der Waals surface area contributed by atoms with Crippen molar-refractivity contribution in [1.29, 1.82) is 0 Å². The van der Waals surface area contributed by atoms with Crippen LogP contribution in [0.5, 0.6) is 5.75 Å². The average Bonchev–Trinajstić information content (AvgIpc) is 2.48. The van der Waals surface area contributed by atoms with Crippen molar-refractivity contribution in [2.75, 3.05) is 13.2 Å². The van der Waals surface area contributed by atoms with Crippen LogP contribution in [0, 0.1) is 6.92 Å². The van der Waals surface area contributed by atoms with Crippen molar-refractivity contribution in [3.63, 3.8) is 0 Å². The monoisotopic (exact) mass is 381 g/mol. The van der Waals surface area contributed by atoms with Gasteiger partial charge >= 0.3 is 0 Å². The highest BCUT2D eigenvalue weighted by Crippen LogP contribution is 2.21. The molecule has 2 aromatic rings. The predicted octanol–water partition coefficient (Wildman–Crippen LogP) is 4.15. The standard InChI is InChI=1S/C17H17BrClNO2/c1-12-10-15(19)6-7-16(12)22-9-8-20-17(21)11-13-2-4-14(18)5-3-13/h2-7,10H,8-9,11H2,1H3,(H,20,21). The van der Waals surface area contributed by atoms with E-state index in [0.29, 0.717) is 24.6 Å². The van der Waals surface area contributed by atoms with Gasteiger partial charge in [-0.2, -0.15) is 0 Å². The molecule has 3 nitrogen and oxygen atoms in total. The first-order valence-electron chi connectivity index (χ1n) is 6.94. The highest BCUT2D eigenvalue weighted by Gasteiger charge is 2.04. The van der Waals surface area contributed by atoms with Gasteiger partial charge in [-0.25, -0.2) is 0 Å². The van der Waals surface area contributed by atoms with E-state index in [-0.39, 0.29) is 5.91 Å². The molecule has 0 heterocycles. The molecule has 0 atom stereocenters. The summed E-state index contributed by atoms with van der Waals surface area (Å²) in [4.78, 5) is 11.8. The molecule has 0 aromatic heterocycles. The topological polar surface area (TPSA) is 38.3 Å². The summed E-state index contributed by atoms with van der Waals surface area (Å²) in [7, 11) is 0. The summed E-state index contributed by atoms with van der Waals surface area (Å²) in [6, 6.07) is 13.2. The van der Waals surface area contributed by atoms with Crippen LogP contribution in [0.3, 0.4) is 0 Å². The molecule has 0 aliphatic heterocycles. The average molecular weight is 383 g/mol. The summed E-state index contributed by atoms with van der Waals surface area (Å²) in [6.07, 6.45) is 0.368. The predicted molar refractivity (Wildman–Crippen MR) is 92.5 cm³/mol. The van der Waals surface area contributed by atoms with E-state index < -0.39 is 0 Å². The van der Waals surface area contributed by atoms with E-state index in [1.54, 1.807) is 6.07 Å². The van der Waals surface area contributed by atoms with E-state index in [4.69, 9.17) is 16.3 Å². The van der Waals surface area contributed by atoms with Gasteiger partial charge in [0.05, 0.1) is 13.0 Å². The summed E-state index contributed by atoms with van der Waals surface area (Å²) in [5.74, 6) is 0.769. The van der Waals surface area contributed by atoms with Crippen LogP contribution in [0.15, 0.2) is 46.9 Å². The molecule has 22 heavy (non-hydrogen) atoms. The fourth-order valence-electron chi connectivity index (χ4n) is 1.98. The van der Waals surface area contributed by atoms with E-state index in [0.717, 1.165) is 21.3 Å². The summed E-state index contributed by atoms with van der Waals surface area (Å²) >= 11 is 9.26. The maximum atomic E-state index is 11.8. The van der Waals surface area contributed by atoms with Gasteiger partial charge in [-0.05, 0) is 48.4 Å². The number of benzene rings is 2. The normalized spacial score (nSPS) is 10.3. The number of hydrogen-bond donors (Lipinski definition) is 1. The molecule has 0 saturated carbocycles. The van der Waals surface area contributed by atoms with Crippen LogP contribution in [-0.2, 0) is 11.2 Å². The molecule has 0 fully saturated rings. The zero-order valence-electron chi connectivity index (χ0n) is 12.2. The zero-order valence-corrected chi connectivity index (χ0v) is 14.6. The van der Waals surface area contributed by atoms with E-state index in [9.17, 15) is 4.79 Å². The van der Waals surface area contributed by atoms with E-state index in [2.05, 4.69) is 21.2 Å². The molecule has 0 radical (unpaired) electrons. The van der Waals surface area contributed by atoms with Crippen LogP contribution in [0.2, 0.25) is 5.02 Å². The minimum Gasteiger partial charge on any atom is -0.491 e. The molecule has 1 N–H and O–H groups in total. The van der Waals surface area contributed by atoms with Gasteiger partial charge in [0.25, 0.3) is 0 Å². The van der Waals surface area contributed by atoms with Crippen molar-refractivity contribution >= 4 is 33.4 Å². The van der Waals surface area contributed by atoms with Gasteiger partial charge in [0.2, 0.25) is 5.91 Å². The first kappa shape index (κ1) is 16.8. The van der Waals surface area contributed by atoms with Gasteiger partial charge in [-0.15, -0.1) is 0 Å². The van der Waals surface area contributed by atoms with Crippen molar-refractivity contribution in [2.24, 2.45) is 0 Å². The number of carbonyl (C=O) groups excluding carboxylic acids is 1. The lowest BCUT2D eigenvalue weighted by atomic mass is 10.1. The van der Waals surface area contributed by atoms with Gasteiger partial charge < -0.3 is 10.1 Å². The van der Waals surface area contributed by atoms with E-state index in [1.807, 2.05) is 43.3 Å². The molecule has 0 bridgehead atoms. The Kier molecular flexibility index (Phi) is 6.28. The summed E-state index contributed by atoms with van der Waals surface area (Å²) in [6.45, 7) is 2.83. The number of aryl methyl sites for hydroxylation is 1. The molecular weight excluding hydrogens is 366 g/mol. The second-order valence-electron chi connectivity index (χ2n) is 4.91. The molecule has 2 rings (SSSR count). The summed E-state index contributed by atoms with van der Waals surface area (Å²) in [5.41, 5.74) is 1.96. The third kappa shape index (κ3) is 5.35. The first-order chi connectivity index (χ1) is 10.5. The van der Waals surface area contributed by atoms with Crippen molar-refractivity contribution in [3.8, 4) is 5.75 Å². The van der Waals surface area contributed by atoms with Crippen molar-refractivity contribution in [2.45, 2.75) is 13.3 Å².